The molecule has 1 rings (SSSR count). The summed E-state index contributed by atoms with van der Waals surface area (Å²) in [4.78, 5) is 15.9. The lowest BCUT2D eigenvalue weighted by molar-refractivity contribution is 0.0687. The van der Waals surface area contributed by atoms with Crippen molar-refractivity contribution in [3.8, 4) is 11.8 Å². The second-order valence-corrected chi connectivity index (χ2v) is 6.15. The molecule has 0 spiro atoms. The van der Waals surface area contributed by atoms with Crippen molar-refractivity contribution < 1.29 is 9.90 Å². The van der Waals surface area contributed by atoms with Gasteiger partial charge in [-0.2, -0.15) is 0 Å². The van der Waals surface area contributed by atoms with Crippen LogP contribution in [0.3, 0.4) is 0 Å². The van der Waals surface area contributed by atoms with E-state index in [9.17, 15) is 4.79 Å². The summed E-state index contributed by atoms with van der Waals surface area (Å²) in [7, 11) is 0. The van der Waals surface area contributed by atoms with Gasteiger partial charge in [0.2, 0.25) is 0 Å². The number of hydrogen-bond acceptors (Lipinski definition) is 3. The quantitative estimate of drug-likeness (QED) is 0.861. The fourth-order valence-corrected chi connectivity index (χ4v) is 2.55. The minimum absolute atomic E-state index is 0.0609. The van der Waals surface area contributed by atoms with Crippen molar-refractivity contribution in [3.63, 3.8) is 0 Å². The number of carbonyl (C=O) groups is 1. The summed E-state index contributed by atoms with van der Waals surface area (Å²) in [5, 5.41) is 8.66. The van der Waals surface area contributed by atoms with Crippen LogP contribution in [0.4, 0.5) is 0 Å². The van der Waals surface area contributed by atoms with Crippen LogP contribution in [0.5, 0.6) is 0 Å². The van der Waals surface area contributed by atoms with E-state index in [1.807, 2.05) is 30.9 Å². The third-order valence-electron chi connectivity index (χ3n) is 2.55. The number of amides is 1. The highest BCUT2D eigenvalue weighted by molar-refractivity contribution is 7.14. The van der Waals surface area contributed by atoms with Gasteiger partial charge in [0.15, 0.2) is 0 Å². The first-order valence-corrected chi connectivity index (χ1v) is 7.28. The van der Waals surface area contributed by atoms with Crippen LogP contribution in [0.15, 0.2) is 12.1 Å². The molecule has 1 heterocycles. The Bertz CT molecular complexity index is 480. The molecule has 0 saturated carbocycles. The van der Waals surface area contributed by atoms with Gasteiger partial charge in [-0.1, -0.05) is 25.7 Å². The highest BCUT2D eigenvalue weighted by atomic mass is 32.1. The molecule has 0 radical (unpaired) electrons. The van der Waals surface area contributed by atoms with Gasteiger partial charge in [-0.25, -0.2) is 0 Å². The first kappa shape index (κ1) is 15.7. The molecule has 0 bridgehead atoms. The summed E-state index contributed by atoms with van der Waals surface area (Å²) in [6.45, 7) is 8.86. The molecule has 0 fully saturated rings. The van der Waals surface area contributed by atoms with Crippen molar-refractivity contribution in [1.29, 1.82) is 0 Å². The minimum Gasteiger partial charge on any atom is -0.384 e. The Morgan fingerprint density at radius 1 is 1.37 bits per heavy atom. The zero-order valence-electron chi connectivity index (χ0n) is 11.9. The molecular formula is C15H21NO2S. The smallest absolute Gasteiger partial charge is 0.264 e. The third-order valence-corrected chi connectivity index (χ3v) is 3.54. The van der Waals surface area contributed by atoms with Gasteiger partial charge < -0.3 is 10.0 Å². The van der Waals surface area contributed by atoms with Crippen LogP contribution in [0, 0.1) is 17.8 Å². The fourth-order valence-electron chi connectivity index (χ4n) is 1.71. The normalized spacial score (nSPS) is 10.5. The lowest BCUT2D eigenvalue weighted by Gasteiger charge is -2.28. The Hall–Kier alpha value is -1.31. The first-order valence-electron chi connectivity index (χ1n) is 6.46. The average Bonchev–Trinajstić information content (AvgIpc) is 2.80. The van der Waals surface area contributed by atoms with E-state index < -0.39 is 0 Å². The van der Waals surface area contributed by atoms with Crippen LogP contribution in [0.25, 0.3) is 0 Å². The van der Waals surface area contributed by atoms with Crippen molar-refractivity contribution in [2.45, 2.75) is 33.7 Å². The third kappa shape index (κ3) is 4.70. The maximum absolute atomic E-state index is 12.4. The van der Waals surface area contributed by atoms with Gasteiger partial charge in [-0.15, -0.1) is 11.3 Å². The molecule has 1 aromatic heterocycles. The maximum atomic E-state index is 12.4. The molecule has 0 aliphatic heterocycles. The van der Waals surface area contributed by atoms with Crippen molar-refractivity contribution in [3.05, 3.63) is 21.9 Å². The Balaban J connectivity index is 2.87. The van der Waals surface area contributed by atoms with E-state index in [0.29, 0.717) is 10.8 Å². The van der Waals surface area contributed by atoms with Crippen LogP contribution in [-0.4, -0.2) is 35.1 Å². The Morgan fingerprint density at radius 2 is 2.05 bits per heavy atom. The molecule has 104 valence electrons. The molecule has 19 heavy (non-hydrogen) atoms. The molecule has 1 aromatic rings. The predicted octanol–water partition coefficient (Wildman–Crippen LogP) is 2.60. The van der Waals surface area contributed by atoms with E-state index >= 15 is 0 Å². The van der Waals surface area contributed by atoms with Crippen molar-refractivity contribution in [2.75, 3.05) is 13.2 Å². The molecule has 1 N–H and O–H groups in total. The van der Waals surface area contributed by atoms with E-state index in [0.717, 1.165) is 11.4 Å². The van der Waals surface area contributed by atoms with Gasteiger partial charge in [0.1, 0.15) is 6.61 Å². The van der Waals surface area contributed by atoms with Gasteiger partial charge in [0.25, 0.3) is 5.91 Å². The Morgan fingerprint density at radius 3 is 2.58 bits per heavy atom. The number of hydrogen-bond donors (Lipinski definition) is 1. The zero-order chi connectivity index (χ0) is 14.4. The zero-order valence-corrected chi connectivity index (χ0v) is 12.8. The molecular weight excluding hydrogens is 258 g/mol. The summed E-state index contributed by atoms with van der Waals surface area (Å²) in [5.74, 6) is 5.92. The molecule has 0 saturated heterocycles. The van der Waals surface area contributed by atoms with Gasteiger partial charge in [0, 0.05) is 12.6 Å². The van der Waals surface area contributed by atoms with E-state index in [4.69, 9.17) is 5.11 Å². The van der Waals surface area contributed by atoms with Crippen LogP contribution >= 0.6 is 11.3 Å². The van der Waals surface area contributed by atoms with Crippen molar-refractivity contribution in [1.82, 2.24) is 4.90 Å². The minimum atomic E-state index is -0.160. The molecule has 0 aliphatic carbocycles. The number of rotatable bonds is 4. The van der Waals surface area contributed by atoms with E-state index in [2.05, 4.69) is 25.7 Å². The average molecular weight is 279 g/mol. The van der Waals surface area contributed by atoms with Crippen LogP contribution in [0.1, 0.15) is 42.2 Å². The van der Waals surface area contributed by atoms with E-state index in [1.165, 1.54) is 11.3 Å². The lowest BCUT2D eigenvalue weighted by atomic mass is 10.1. The number of thiophene rings is 1. The summed E-state index contributed by atoms with van der Waals surface area (Å²) >= 11 is 1.38. The lowest BCUT2D eigenvalue weighted by Crippen LogP contribution is -2.39. The number of nitrogens with zero attached hydrogens (tertiary/aromatic N) is 1. The summed E-state index contributed by atoms with van der Waals surface area (Å²) < 4.78 is 0. The molecule has 0 aromatic carbocycles. The van der Waals surface area contributed by atoms with Crippen molar-refractivity contribution in [2.24, 2.45) is 5.92 Å². The fraction of sp³-hybridized carbons (Fsp3) is 0.533. The standard InChI is InChI=1S/C15H21NO2S/c1-11(2)10-16(12(3)4)15(18)14-8-7-13(19-14)6-5-9-17/h7-8,11-12,17H,9-10H2,1-4H3. The van der Waals surface area contributed by atoms with Crippen LogP contribution in [-0.2, 0) is 0 Å². The van der Waals surface area contributed by atoms with Gasteiger partial charge in [0.05, 0.1) is 9.75 Å². The number of aliphatic hydroxyl groups is 1. The summed E-state index contributed by atoms with van der Waals surface area (Å²) in [5.41, 5.74) is 0. The maximum Gasteiger partial charge on any atom is 0.264 e. The molecule has 0 aliphatic rings. The summed E-state index contributed by atoms with van der Waals surface area (Å²) in [6, 6.07) is 3.82. The van der Waals surface area contributed by atoms with Crippen LogP contribution < -0.4 is 0 Å². The van der Waals surface area contributed by atoms with Gasteiger partial charge >= 0.3 is 0 Å². The number of carbonyl (C=O) groups excluding carboxylic acids is 1. The Kier molecular flexibility index (Phi) is 6.07. The molecule has 3 nitrogen and oxygen atoms in total. The second-order valence-electron chi connectivity index (χ2n) is 5.07. The summed E-state index contributed by atoms with van der Waals surface area (Å²) in [6.07, 6.45) is 0. The predicted molar refractivity (Wildman–Crippen MR) is 79.3 cm³/mol. The first-order chi connectivity index (χ1) is 8.95. The van der Waals surface area contributed by atoms with Gasteiger partial charge in [-0.05, 0) is 31.9 Å². The Labute approximate surface area is 119 Å². The highest BCUT2D eigenvalue weighted by Gasteiger charge is 2.20. The molecule has 4 heteroatoms. The largest absolute Gasteiger partial charge is 0.384 e. The van der Waals surface area contributed by atoms with E-state index in [-0.39, 0.29) is 18.6 Å². The SMILES string of the molecule is CC(C)CN(C(=O)c1ccc(C#CCO)s1)C(C)C. The molecule has 0 unspecified atom stereocenters. The van der Waals surface area contributed by atoms with Crippen molar-refractivity contribution >= 4 is 17.2 Å². The monoisotopic (exact) mass is 279 g/mol. The van der Waals surface area contributed by atoms with Crippen LogP contribution in [0.2, 0.25) is 0 Å². The highest BCUT2D eigenvalue weighted by Crippen LogP contribution is 2.19. The molecule has 1 amide bonds. The molecule has 0 atom stereocenters. The second kappa shape index (κ2) is 7.32. The van der Waals surface area contributed by atoms with Gasteiger partial charge in [-0.3, -0.25) is 4.79 Å². The number of aliphatic hydroxyl groups excluding tert-OH is 1. The topological polar surface area (TPSA) is 40.5 Å². The van der Waals surface area contributed by atoms with E-state index in [1.54, 1.807) is 0 Å².